The summed E-state index contributed by atoms with van der Waals surface area (Å²) >= 11 is 0. The molecule has 1 aromatic carbocycles. The minimum absolute atomic E-state index is 0.111. The van der Waals surface area contributed by atoms with E-state index >= 15 is 0 Å². The summed E-state index contributed by atoms with van der Waals surface area (Å²) in [6, 6.07) is 7.63. The molecule has 0 saturated carbocycles. The van der Waals surface area contributed by atoms with Gasteiger partial charge in [-0.15, -0.1) is 0 Å². The zero-order valence-corrected chi connectivity index (χ0v) is 14.4. The summed E-state index contributed by atoms with van der Waals surface area (Å²) in [6.45, 7) is 10.6. The number of benzene rings is 1. The Morgan fingerprint density at radius 2 is 1.95 bits per heavy atom. The number of hydrogen-bond acceptors (Lipinski definition) is 2. The molecular formula is C18H28N2O2. The molecule has 1 heterocycles. The van der Waals surface area contributed by atoms with E-state index in [1.165, 1.54) is 0 Å². The van der Waals surface area contributed by atoms with Gasteiger partial charge in [0, 0.05) is 24.2 Å². The molecule has 0 aliphatic carbocycles. The summed E-state index contributed by atoms with van der Waals surface area (Å²) < 4.78 is 0. The number of unbranched alkanes of at least 4 members (excludes halogenated alkanes) is 1. The van der Waals surface area contributed by atoms with Crippen LogP contribution in [0.3, 0.4) is 0 Å². The van der Waals surface area contributed by atoms with Crippen LogP contribution in [-0.2, 0) is 0 Å². The molecule has 2 amide bonds. The highest BCUT2D eigenvalue weighted by atomic mass is 16.3. The highest BCUT2D eigenvalue weighted by molar-refractivity contribution is 5.94. The molecule has 0 spiro atoms. The Morgan fingerprint density at radius 3 is 2.55 bits per heavy atom. The van der Waals surface area contributed by atoms with Gasteiger partial charge in [0.15, 0.2) is 0 Å². The van der Waals surface area contributed by atoms with Gasteiger partial charge in [-0.1, -0.05) is 25.5 Å². The predicted molar refractivity (Wildman–Crippen MR) is 90.0 cm³/mol. The van der Waals surface area contributed by atoms with Gasteiger partial charge >= 0.3 is 6.03 Å². The molecule has 122 valence electrons. The second-order valence-electron chi connectivity index (χ2n) is 7.17. The molecule has 4 heteroatoms. The van der Waals surface area contributed by atoms with Crippen molar-refractivity contribution in [1.29, 1.82) is 0 Å². The number of carbonyl (C=O) groups is 1. The van der Waals surface area contributed by atoms with Crippen molar-refractivity contribution in [3.63, 3.8) is 0 Å². The van der Waals surface area contributed by atoms with Gasteiger partial charge < -0.3 is 10.0 Å². The number of carbonyl (C=O) groups excluding carboxylic acids is 1. The molecule has 0 aromatic heterocycles. The first kappa shape index (κ1) is 16.8. The highest BCUT2D eigenvalue weighted by Crippen LogP contribution is 2.39. The monoisotopic (exact) mass is 304 g/mol. The smallest absolute Gasteiger partial charge is 0.327 e. The minimum atomic E-state index is -1.18. The van der Waals surface area contributed by atoms with Gasteiger partial charge in [0.1, 0.15) is 5.72 Å². The lowest BCUT2D eigenvalue weighted by Gasteiger charge is -2.53. The van der Waals surface area contributed by atoms with Crippen LogP contribution in [0.15, 0.2) is 24.3 Å². The molecule has 2 rings (SSSR count). The Hall–Kier alpha value is -1.55. The van der Waals surface area contributed by atoms with Crippen molar-refractivity contribution in [1.82, 2.24) is 4.90 Å². The normalized spacial score (nSPS) is 24.7. The summed E-state index contributed by atoms with van der Waals surface area (Å²) in [7, 11) is 0. The number of nitrogens with zero attached hydrogens (tertiary/aromatic N) is 2. The molecule has 1 N–H and O–H groups in total. The molecule has 1 saturated heterocycles. The summed E-state index contributed by atoms with van der Waals surface area (Å²) in [5.74, 6) is 0. The standard InChI is InChI=1S/C18H28N2O2/c1-6-7-11-19-16(21)20(15-10-8-9-14(2)12-15)18(5,22)13-17(19,3)4/h8-10,12,22H,6-7,11,13H2,1-5H3/t18-/m1/s1. The summed E-state index contributed by atoms with van der Waals surface area (Å²) in [5.41, 5.74) is 0.297. The quantitative estimate of drug-likeness (QED) is 0.916. The molecule has 1 aromatic rings. The first-order chi connectivity index (χ1) is 10.2. The van der Waals surface area contributed by atoms with Crippen LogP contribution in [0.5, 0.6) is 0 Å². The van der Waals surface area contributed by atoms with E-state index in [1.807, 2.05) is 49.9 Å². The fourth-order valence-electron chi connectivity index (χ4n) is 3.45. The zero-order chi connectivity index (χ0) is 16.5. The van der Waals surface area contributed by atoms with Crippen LogP contribution in [0.4, 0.5) is 10.5 Å². The second kappa shape index (κ2) is 5.92. The van der Waals surface area contributed by atoms with E-state index in [9.17, 15) is 9.90 Å². The van der Waals surface area contributed by atoms with Crippen molar-refractivity contribution in [2.45, 2.75) is 65.1 Å². The lowest BCUT2D eigenvalue weighted by atomic mass is 9.87. The first-order valence-electron chi connectivity index (χ1n) is 8.10. The Morgan fingerprint density at radius 1 is 1.27 bits per heavy atom. The van der Waals surface area contributed by atoms with E-state index in [1.54, 1.807) is 11.8 Å². The highest BCUT2D eigenvalue weighted by Gasteiger charge is 2.50. The van der Waals surface area contributed by atoms with Crippen molar-refractivity contribution in [2.75, 3.05) is 11.4 Å². The van der Waals surface area contributed by atoms with Gasteiger partial charge in [-0.2, -0.15) is 0 Å². The van der Waals surface area contributed by atoms with Gasteiger partial charge in [0.25, 0.3) is 0 Å². The summed E-state index contributed by atoms with van der Waals surface area (Å²) in [6.07, 6.45) is 2.53. The molecule has 1 atom stereocenters. The Bertz CT molecular complexity index is 552. The molecule has 0 radical (unpaired) electrons. The maximum absolute atomic E-state index is 13.1. The summed E-state index contributed by atoms with van der Waals surface area (Å²) in [5, 5.41) is 10.9. The van der Waals surface area contributed by atoms with E-state index in [0.717, 1.165) is 30.6 Å². The van der Waals surface area contributed by atoms with Crippen molar-refractivity contribution in [3.05, 3.63) is 29.8 Å². The largest absolute Gasteiger partial charge is 0.371 e. The number of aryl methyl sites for hydroxylation is 1. The molecule has 1 aliphatic rings. The number of aliphatic hydroxyl groups is 1. The second-order valence-corrected chi connectivity index (χ2v) is 7.17. The minimum Gasteiger partial charge on any atom is -0.371 e. The average molecular weight is 304 g/mol. The fourth-order valence-corrected chi connectivity index (χ4v) is 3.45. The van der Waals surface area contributed by atoms with Gasteiger partial charge in [-0.25, -0.2) is 4.79 Å². The van der Waals surface area contributed by atoms with Crippen molar-refractivity contribution in [2.24, 2.45) is 0 Å². The SMILES string of the molecule is CCCCN1C(=O)N(c2cccc(C)c2)[C@](C)(O)CC1(C)C. The van der Waals surface area contributed by atoms with Crippen molar-refractivity contribution < 1.29 is 9.90 Å². The Labute approximate surface area is 133 Å². The van der Waals surface area contributed by atoms with Crippen LogP contribution in [0.1, 0.15) is 52.5 Å². The molecule has 1 fully saturated rings. The van der Waals surface area contributed by atoms with Crippen LogP contribution in [0, 0.1) is 6.92 Å². The van der Waals surface area contributed by atoms with Crippen molar-refractivity contribution in [3.8, 4) is 0 Å². The van der Waals surface area contributed by atoms with Crippen LogP contribution in [0.25, 0.3) is 0 Å². The molecule has 4 nitrogen and oxygen atoms in total. The number of hydrogen-bond donors (Lipinski definition) is 1. The number of amides is 2. The van der Waals surface area contributed by atoms with Crippen LogP contribution in [-0.4, -0.2) is 33.8 Å². The number of urea groups is 1. The Balaban J connectivity index is 2.41. The molecule has 0 unspecified atom stereocenters. The predicted octanol–water partition coefficient (Wildman–Crippen LogP) is 3.91. The van der Waals surface area contributed by atoms with Gasteiger partial charge in [0.05, 0.1) is 0 Å². The maximum atomic E-state index is 13.1. The third kappa shape index (κ3) is 3.12. The van der Waals surface area contributed by atoms with E-state index in [2.05, 4.69) is 6.92 Å². The van der Waals surface area contributed by atoms with E-state index in [0.29, 0.717) is 6.42 Å². The Kier molecular flexibility index (Phi) is 4.52. The van der Waals surface area contributed by atoms with Crippen LogP contribution in [0.2, 0.25) is 0 Å². The molecule has 0 bridgehead atoms. The molecular weight excluding hydrogens is 276 g/mol. The van der Waals surface area contributed by atoms with Gasteiger partial charge in [-0.05, 0) is 51.8 Å². The van der Waals surface area contributed by atoms with Crippen LogP contribution >= 0.6 is 0 Å². The lowest BCUT2D eigenvalue weighted by molar-refractivity contribution is -0.0255. The fraction of sp³-hybridized carbons (Fsp3) is 0.611. The van der Waals surface area contributed by atoms with E-state index in [4.69, 9.17) is 0 Å². The first-order valence-corrected chi connectivity index (χ1v) is 8.10. The number of anilines is 1. The molecule has 1 aliphatic heterocycles. The van der Waals surface area contributed by atoms with Crippen LogP contribution < -0.4 is 4.90 Å². The van der Waals surface area contributed by atoms with Gasteiger partial charge in [-0.3, -0.25) is 4.90 Å². The van der Waals surface area contributed by atoms with E-state index in [-0.39, 0.29) is 11.6 Å². The topological polar surface area (TPSA) is 43.8 Å². The third-order valence-electron chi connectivity index (χ3n) is 4.40. The zero-order valence-electron chi connectivity index (χ0n) is 14.4. The molecule has 22 heavy (non-hydrogen) atoms. The third-order valence-corrected chi connectivity index (χ3v) is 4.40. The summed E-state index contributed by atoms with van der Waals surface area (Å²) in [4.78, 5) is 16.5. The maximum Gasteiger partial charge on any atom is 0.327 e. The number of rotatable bonds is 4. The average Bonchev–Trinajstić information content (AvgIpc) is 2.36. The lowest BCUT2D eigenvalue weighted by Crippen LogP contribution is -2.68. The van der Waals surface area contributed by atoms with Crippen molar-refractivity contribution >= 4 is 11.7 Å². The van der Waals surface area contributed by atoms with Gasteiger partial charge in [0.2, 0.25) is 0 Å². The van der Waals surface area contributed by atoms with E-state index < -0.39 is 5.72 Å².